The zero-order valence-electron chi connectivity index (χ0n) is 22.6. The average Bonchev–Trinajstić information content (AvgIpc) is 3.19. The summed E-state index contributed by atoms with van der Waals surface area (Å²) in [6, 6.07) is 8.34. The van der Waals surface area contributed by atoms with E-state index in [-0.39, 0.29) is 24.3 Å². The van der Waals surface area contributed by atoms with Crippen LogP contribution in [-0.2, 0) is 14.4 Å². The number of amides is 3. The molecular formula is C30H39N3O4S. The van der Waals surface area contributed by atoms with Gasteiger partial charge in [-0.25, -0.2) is 0 Å². The van der Waals surface area contributed by atoms with Gasteiger partial charge in [-0.1, -0.05) is 69.2 Å². The van der Waals surface area contributed by atoms with Gasteiger partial charge in [-0.3, -0.25) is 14.4 Å². The highest BCUT2D eigenvalue weighted by molar-refractivity contribution is 8.02. The summed E-state index contributed by atoms with van der Waals surface area (Å²) in [5.74, 6) is -1.68. The molecule has 4 aliphatic heterocycles. The molecule has 3 amide bonds. The van der Waals surface area contributed by atoms with Crippen molar-refractivity contribution in [3.8, 4) is 0 Å². The second kappa shape index (κ2) is 10.5. The number of aliphatic hydroxyl groups is 1. The third-order valence-corrected chi connectivity index (χ3v) is 10.5. The summed E-state index contributed by atoms with van der Waals surface area (Å²) in [6.07, 6.45) is 11.7. The Morgan fingerprint density at radius 2 is 1.71 bits per heavy atom. The lowest BCUT2D eigenvalue weighted by Crippen LogP contribution is -2.56. The highest BCUT2D eigenvalue weighted by Crippen LogP contribution is 2.66. The molecule has 1 aromatic carbocycles. The molecule has 5 rings (SSSR count). The first-order valence-electron chi connectivity index (χ1n) is 14.0. The predicted octanol–water partition coefficient (Wildman–Crippen LogP) is 3.64. The maximum absolute atomic E-state index is 14.4. The van der Waals surface area contributed by atoms with Crippen molar-refractivity contribution in [1.82, 2.24) is 9.80 Å². The predicted molar refractivity (Wildman–Crippen MR) is 151 cm³/mol. The molecule has 6 atom stereocenters. The molecule has 0 radical (unpaired) electrons. The first kappa shape index (κ1) is 27.0. The minimum Gasteiger partial charge on any atom is -0.394 e. The van der Waals surface area contributed by atoms with Crippen LogP contribution in [0.25, 0.3) is 0 Å². The number of likely N-dealkylation sites (tertiary alicyclic amines) is 1. The Morgan fingerprint density at radius 3 is 2.39 bits per heavy atom. The van der Waals surface area contributed by atoms with Gasteiger partial charge in [-0.05, 0) is 31.9 Å². The fourth-order valence-electron chi connectivity index (χ4n) is 6.91. The Bertz CT molecular complexity index is 1140. The number of fused-ring (bicyclic) bond motifs is 2. The van der Waals surface area contributed by atoms with Crippen molar-refractivity contribution in [1.29, 1.82) is 0 Å². The number of anilines is 1. The Morgan fingerprint density at radius 1 is 0.974 bits per heavy atom. The third-order valence-electron chi connectivity index (χ3n) is 8.75. The highest BCUT2D eigenvalue weighted by Gasteiger charge is 2.74. The molecule has 2 fully saturated rings. The molecule has 0 saturated carbocycles. The first-order chi connectivity index (χ1) is 18.3. The summed E-state index contributed by atoms with van der Waals surface area (Å²) in [7, 11) is 0. The van der Waals surface area contributed by atoms with E-state index in [1.54, 1.807) is 21.6 Å². The molecule has 1 N–H and O–H groups in total. The number of benzene rings is 1. The molecule has 1 spiro atoms. The van der Waals surface area contributed by atoms with E-state index in [0.717, 1.165) is 24.9 Å². The largest absolute Gasteiger partial charge is 0.394 e. The van der Waals surface area contributed by atoms with Crippen molar-refractivity contribution < 1.29 is 19.5 Å². The summed E-state index contributed by atoms with van der Waals surface area (Å²) in [5, 5.41) is 10.3. The second-order valence-electron chi connectivity index (χ2n) is 11.1. The Balaban J connectivity index is 1.61. The van der Waals surface area contributed by atoms with Crippen LogP contribution >= 0.6 is 11.8 Å². The van der Waals surface area contributed by atoms with Crippen LogP contribution in [0.15, 0.2) is 54.6 Å². The van der Waals surface area contributed by atoms with Crippen LogP contribution in [0.3, 0.4) is 0 Å². The van der Waals surface area contributed by atoms with E-state index in [0.29, 0.717) is 26.1 Å². The zero-order valence-corrected chi connectivity index (χ0v) is 23.4. The van der Waals surface area contributed by atoms with Crippen LogP contribution in [0.5, 0.6) is 0 Å². The van der Waals surface area contributed by atoms with E-state index in [9.17, 15) is 19.5 Å². The second-order valence-corrected chi connectivity index (χ2v) is 12.9. The number of para-hydroxylation sites is 1. The molecule has 4 heterocycles. The van der Waals surface area contributed by atoms with Gasteiger partial charge in [0.05, 0.1) is 29.2 Å². The van der Waals surface area contributed by atoms with Crippen LogP contribution in [0.2, 0.25) is 0 Å². The van der Waals surface area contributed by atoms with Crippen molar-refractivity contribution in [3.05, 3.63) is 54.6 Å². The van der Waals surface area contributed by atoms with Gasteiger partial charge in [0.25, 0.3) is 0 Å². The van der Waals surface area contributed by atoms with Gasteiger partial charge < -0.3 is 19.8 Å². The van der Waals surface area contributed by atoms with Gasteiger partial charge in [0, 0.05) is 30.1 Å². The molecule has 0 aliphatic carbocycles. The number of rotatable bonds is 8. The van der Waals surface area contributed by atoms with Crippen molar-refractivity contribution >= 4 is 35.2 Å². The number of carbonyl (C=O) groups excluding carboxylic acids is 3. The highest BCUT2D eigenvalue weighted by atomic mass is 32.2. The van der Waals surface area contributed by atoms with E-state index < -0.39 is 33.4 Å². The van der Waals surface area contributed by atoms with E-state index in [2.05, 4.69) is 19.1 Å². The third kappa shape index (κ3) is 4.11. The van der Waals surface area contributed by atoms with Gasteiger partial charge in [-0.2, -0.15) is 0 Å². The van der Waals surface area contributed by atoms with E-state index in [4.69, 9.17) is 0 Å². The lowest BCUT2D eigenvalue weighted by Gasteiger charge is -2.39. The summed E-state index contributed by atoms with van der Waals surface area (Å²) >= 11 is 1.59. The molecular weight excluding hydrogens is 498 g/mol. The summed E-state index contributed by atoms with van der Waals surface area (Å²) < 4.78 is -1.52. The minimum atomic E-state index is -0.880. The molecule has 0 aromatic heterocycles. The Labute approximate surface area is 229 Å². The van der Waals surface area contributed by atoms with E-state index >= 15 is 0 Å². The molecule has 8 heteroatoms. The first-order valence-corrected chi connectivity index (χ1v) is 14.8. The fourth-order valence-corrected chi connectivity index (χ4v) is 9.05. The number of hydrogen-bond donors (Lipinski definition) is 1. The van der Waals surface area contributed by atoms with E-state index in [1.165, 1.54) is 0 Å². The molecule has 204 valence electrons. The van der Waals surface area contributed by atoms with Crippen molar-refractivity contribution in [3.63, 3.8) is 0 Å². The van der Waals surface area contributed by atoms with Crippen LogP contribution in [-0.4, -0.2) is 80.4 Å². The van der Waals surface area contributed by atoms with E-state index in [1.807, 2.05) is 61.2 Å². The number of thioether (sulfide) groups is 1. The smallest absolute Gasteiger partial charge is 0.247 e. The van der Waals surface area contributed by atoms with Crippen molar-refractivity contribution in [2.45, 2.75) is 68.0 Å². The lowest BCUT2D eigenvalue weighted by molar-refractivity contribution is -0.145. The average molecular weight is 538 g/mol. The van der Waals surface area contributed by atoms with Gasteiger partial charge in [0.1, 0.15) is 6.04 Å². The number of nitrogens with zero attached hydrogens (tertiary/aromatic N) is 3. The Kier molecular flexibility index (Phi) is 7.48. The SMILES string of the molecule is CCCCCN1CC=C[C@]23S[C@]4(C)C=CCN(c5ccccc5)C(=O)[C@@H]4[C@H]2C(=O)N([C@@H](CC)CO)C3C1=O. The minimum absolute atomic E-state index is 0.0715. The Hall–Kier alpha value is -2.58. The maximum atomic E-state index is 14.4. The lowest BCUT2D eigenvalue weighted by atomic mass is 9.74. The van der Waals surface area contributed by atoms with Crippen LogP contribution in [0, 0.1) is 11.8 Å². The van der Waals surface area contributed by atoms with Gasteiger partial charge >= 0.3 is 0 Å². The molecule has 0 bridgehead atoms. The molecule has 4 aliphatic rings. The van der Waals surface area contributed by atoms with Gasteiger partial charge in [0.15, 0.2) is 0 Å². The summed E-state index contributed by atoms with van der Waals surface area (Å²) in [4.78, 5) is 48.3. The van der Waals surface area contributed by atoms with Gasteiger partial charge in [-0.15, -0.1) is 11.8 Å². The quantitative estimate of drug-likeness (QED) is 0.405. The van der Waals surface area contributed by atoms with Crippen LogP contribution < -0.4 is 4.90 Å². The zero-order chi connectivity index (χ0) is 27.1. The van der Waals surface area contributed by atoms with Crippen molar-refractivity contribution in [2.75, 3.05) is 31.1 Å². The molecule has 1 aromatic rings. The molecule has 2 saturated heterocycles. The van der Waals surface area contributed by atoms with Crippen molar-refractivity contribution in [2.24, 2.45) is 11.8 Å². The molecule has 38 heavy (non-hydrogen) atoms. The standard InChI is InChI=1S/C30H39N3O4S/c1-4-6-10-17-31-18-12-16-30-24(27(36)33(21(5-2)20-34)25(30)28(31)37)23-26(35)32(22-13-8-7-9-14-22)19-11-15-29(23,3)38-30/h7-9,11-16,21,23-25,34H,4-6,10,17-20H2,1-3H3/t21-,23-,24-,25?,29+,30-/m0/s1. The molecule has 7 nitrogen and oxygen atoms in total. The number of unbranched alkanes of at least 4 members (excludes halogenated alkanes) is 2. The van der Waals surface area contributed by atoms with Gasteiger partial charge in [0.2, 0.25) is 17.7 Å². The fraction of sp³-hybridized carbons (Fsp3) is 0.567. The topological polar surface area (TPSA) is 81.2 Å². The van der Waals surface area contributed by atoms with Crippen LogP contribution in [0.1, 0.15) is 46.5 Å². The monoisotopic (exact) mass is 537 g/mol. The normalized spacial score (nSPS) is 33.2. The maximum Gasteiger partial charge on any atom is 0.247 e. The summed E-state index contributed by atoms with van der Waals surface area (Å²) in [6.45, 7) is 7.45. The molecule has 1 unspecified atom stereocenters. The number of carbonyl (C=O) groups is 3. The van der Waals surface area contributed by atoms with Crippen LogP contribution in [0.4, 0.5) is 5.69 Å². The number of aliphatic hydroxyl groups excluding tert-OH is 1. The number of hydrogen-bond acceptors (Lipinski definition) is 5. The summed E-state index contributed by atoms with van der Waals surface area (Å²) in [5.41, 5.74) is 0.799.